The first kappa shape index (κ1) is 16.4. The molecule has 5 rings (SSSR count). The van der Waals surface area contributed by atoms with Crippen molar-refractivity contribution >= 4 is 45.4 Å². The topological polar surface area (TPSA) is 46.5 Å². The molecule has 0 aliphatic carbocycles. The number of benzene rings is 3. The molecule has 4 nitrogen and oxygen atoms in total. The number of nitrogens with zero attached hydrogens (tertiary/aromatic N) is 3. The Kier molecular flexibility index (Phi) is 3.92. The number of aromatic amines is 1. The van der Waals surface area contributed by atoms with Gasteiger partial charge in [-0.3, -0.25) is 0 Å². The van der Waals surface area contributed by atoms with Crippen LogP contribution in [0.5, 0.6) is 0 Å². The second kappa shape index (κ2) is 6.44. The van der Waals surface area contributed by atoms with E-state index in [2.05, 4.69) is 26.7 Å². The third-order valence-electron chi connectivity index (χ3n) is 4.55. The van der Waals surface area contributed by atoms with Crippen LogP contribution in [0.1, 0.15) is 0 Å². The SMILES string of the molecule is Cn1c(-c2ccccc2Sc2nc3ccccc3[nH]2)nc2ccc(Cl)cc21. The maximum absolute atomic E-state index is 6.17. The molecular weight excluding hydrogens is 376 g/mol. The summed E-state index contributed by atoms with van der Waals surface area (Å²) in [4.78, 5) is 14.0. The molecule has 5 aromatic rings. The van der Waals surface area contributed by atoms with Crippen molar-refractivity contribution in [2.45, 2.75) is 10.1 Å². The van der Waals surface area contributed by atoms with Crippen LogP contribution in [0.4, 0.5) is 0 Å². The summed E-state index contributed by atoms with van der Waals surface area (Å²) in [6, 6.07) is 22.1. The van der Waals surface area contributed by atoms with E-state index in [9.17, 15) is 0 Å². The number of nitrogens with one attached hydrogen (secondary N) is 1. The van der Waals surface area contributed by atoms with Crippen molar-refractivity contribution in [3.63, 3.8) is 0 Å². The van der Waals surface area contributed by atoms with Gasteiger partial charge in [-0.1, -0.05) is 53.7 Å². The Bertz CT molecular complexity index is 1260. The van der Waals surface area contributed by atoms with E-state index in [1.54, 1.807) is 11.8 Å². The Labute approximate surface area is 165 Å². The molecule has 0 fully saturated rings. The fourth-order valence-corrected chi connectivity index (χ4v) is 4.32. The number of H-pyrrole nitrogens is 1. The summed E-state index contributed by atoms with van der Waals surface area (Å²) in [5.41, 5.74) is 5.02. The summed E-state index contributed by atoms with van der Waals surface area (Å²) in [7, 11) is 2.02. The van der Waals surface area contributed by atoms with Gasteiger partial charge in [0.25, 0.3) is 0 Å². The monoisotopic (exact) mass is 390 g/mol. The Hall–Kier alpha value is -2.76. The van der Waals surface area contributed by atoms with E-state index < -0.39 is 0 Å². The molecular formula is C21H15ClN4S. The van der Waals surface area contributed by atoms with Gasteiger partial charge in [-0.25, -0.2) is 9.97 Å². The molecule has 0 saturated carbocycles. The molecule has 0 radical (unpaired) electrons. The van der Waals surface area contributed by atoms with Gasteiger partial charge in [0.05, 0.1) is 22.1 Å². The first-order chi connectivity index (χ1) is 13.2. The van der Waals surface area contributed by atoms with E-state index in [0.29, 0.717) is 5.02 Å². The van der Waals surface area contributed by atoms with Crippen LogP contribution in [-0.4, -0.2) is 19.5 Å². The lowest BCUT2D eigenvalue weighted by Gasteiger charge is -2.08. The van der Waals surface area contributed by atoms with Gasteiger partial charge in [-0.2, -0.15) is 0 Å². The van der Waals surface area contributed by atoms with E-state index in [4.69, 9.17) is 16.6 Å². The van der Waals surface area contributed by atoms with Crippen molar-refractivity contribution in [2.24, 2.45) is 7.05 Å². The Morgan fingerprint density at radius 3 is 2.63 bits per heavy atom. The number of aromatic nitrogens is 4. The van der Waals surface area contributed by atoms with E-state index in [0.717, 1.165) is 43.5 Å². The third kappa shape index (κ3) is 2.89. The Morgan fingerprint density at radius 1 is 0.926 bits per heavy atom. The zero-order valence-electron chi connectivity index (χ0n) is 14.5. The number of rotatable bonds is 3. The number of hydrogen-bond donors (Lipinski definition) is 1. The molecule has 0 unspecified atom stereocenters. The quantitative estimate of drug-likeness (QED) is 0.416. The lowest BCUT2D eigenvalue weighted by atomic mass is 10.2. The number of fused-ring (bicyclic) bond motifs is 2. The van der Waals surface area contributed by atoms with Crippen LogP contribution in [-0.2, 0) is 7.05 Å². The molecule has 0 atom stereocenters. The van der Waals surface area contributed by atoms with Crippen LogP contribution in [0.2, 0.25) is 5.02 Å². The number of para-hydroxylation sites is 2. The average Bonchev–Trinajstić information content (AvgIpc) is 3.23. The van der Waals surface area contributed by atoms with Crippen molar-refractivity contribution < 1.29 is 0 Å². The molecule has 132 valence electrons. The van der Waals surface area contributed by atoms with Crippen molar-refractivity contribution in [1.29, 1.82) is 0 Å². The van der Waals surface area contributed by atoms with Crippen LogP contribution < -0.4 is 0 Å². The van der Waals surface area contributed by atoms with Crippen LogP contribution in [0.15, 0.2) is 76.8 Å². The molecule has 0 aliphatic rings. The van der Waals surface area contributed by atoms with Gasteiger partial charge < -0.3 is 9.55 Å². The zero-order chi connectivity index (χ0) is 18.4. The predicted molar refractivity (Wildman–Crippen MR) is 111 cm³/mol. The van der Waals surface area contributed by atoms with Crippen molar-refractivity contribution in [3.8, 4) is 11.4 Å². The first-order valence-corrected chi connectivity index (χ1v) is 9.72. The highest BCUT2D eigenvalue weighted by atomic mass is 35.5. The van der Waals surface area contributed by atoms with Crippen LogP contribution in [0, 0.1) is 0 Å². The van der Waals surface area contributed by atoms with Crippen LogP contribution in [0.25, 0.3) is 33.5 Å². The molecule has 0 spiro atoms. The predicted octanol–water partition coefficient (Wildman–Crippen LogP) is 5.92. The fraction of sp³-hybridized carbons (Fsp3) is 0.0476. The molecule has 0 saturated heterocycles. The summed E-state index contributed by atoms with van der Waals surface area (Å²) in [6.07, 6.45) is 0. The van der Waals surface area contributed by atoms with Gasteiger partial charge in [0.1, 0.15) is 5.82 Å². The number of imidazole rings is 2. The lowest BCUT2D eigenvalue weighted by molar-refractivity contribution is 0.954. The molecule has 27 heavy (non-hydrogen) atoms. The molecule has 2 aromatic heterocycles. The molecule has 0 amide bonds. The smallest absolute Gasteiger partial charge is 0.171 e. The van der Waals surface area contributed by atoms with E-state index in [1.807, 2.05) is 61.6 Å². The van der Waals surface area contributed by atoms with Gasteiger partial charge in [-0.05, 0) is 36.4 Å². The fourth-order valence-electron chi connectivity index (χ4n) is 3.23. The summed E-state index contributed by atoms with van der Waals surface area (Å²) >= 11 is 7.78. The summed E-state index contributed by atoms with van der Waals surface area (Å²) in [6.45, 7) is 0. The van der Waals surface area contributed by atoms with Gasteiger partial charge in [0.15, 0.2) is 5.16 Å². The molecule has 0 bridgehead atoms. The maximum atomic E-state index is 6.17. The highest BCUT2D eigenvalue weighted by Gasteiger charge is 2.15. The second-order valence-electron chi connectivity index (χ2n) is 6.28. The summed E-state index contributed by atoms with van der Waals surface area (Å²) < 4.78 is 2.08. The molecule has 1 N–H and O–H groups in total. The first-order valence-electron chi connectivity index (χ1n) is 8.53. The Balaban J connectivity index is 1.61. The van der Waals surface area contributed by atoms with Crippen molar-refractivity contribution in [3.05, 3.63) is 71.8 Å². The van der Waals surface area contributed by atoms with Gasteiger partial charge >= 0.3 is 0 Å². The van der Waals surface area contributed by atoms with Crippen molar-refractivity contribution in [2.75, 3.05) is 0 Å². The lowest BCUT2D eigenvalue weighted by Crippen LogP contribution is -1.94. The van der Waals surface area contributed by atoms with Gasteiger partial charge in [0, 0.05) is 22.5 Å². The molecule has 2 heterocycles. The minimum Gasteiger partial charge on any atom is -0.333 e. The number of hydrogen-bond acceptors (Lipinski definition) is 3. The van der Waals surface area contributed by atoms with Gasteiger partial charge in [0.2, 0.25) is 0 Å². The average molecular weight is 391 g/mol. The Morgan fingerprint density at radius 2 is 1.74 bits per heavy atom. The molecule has 3 aromatic carbocycles. The minimum atomic E-state index is 0.710. The van der Waals surface area contributed by atoms with Crippen LogP contribution >= 0.6 is 23.4 Å². The highest BCUT2D eigenvalue weighted by Crippen LogP contribution is 2.36. The largest absolute Gasteiger partial charge is 0.333 e. The molecule has 0 aliphatic heterocycles. The number of halogens is 1. The minimum absolute atomic E-state index is 0.710. The third-order valence-corrected chi connectivity index (χ3v) is 5.74. The normalized spacial score (nSPS) is 11.5. The maximum Gasteiger partial charge on any atom is 0.171 e. The summed E-state index contributed by atoms with van der Waals surface area (Å²) in [5.74, 6) is 0.909. The molecule has 6 heteroatoms. The van der Waals surface area contributed by atoms with E-state index in [1.165, 1.54) is 0 Å². The zero-order valence-corrected chi connectivity index (χ0v) is 16.1. The number of aryl methyl sites for hydroxylation is 1. The highest BCUT2D eigenvalue weighted by molar-refractivity contribution is 7.99. The van der Waals surface area contributed by atoms with E-state index >= 15 is 0 Å². The summed E-state index contributed by atoms with van der Waals surface area (Å²) in [5, 5.41) is 1.58. The van der Waals surface area contributed by atoms with E-state index in [-0.39, 0.29) is 0 Å². The standard InChI is InChI=1S/C21H15ClN4S/c1-26-18-12-13(22)10-11-17(18)23-20(26)14-6-2-5-9-19(14)27-21-24-15-7-3-4-8-16(15)25-21/h2-12H,1H3,(H,24,25). The van der Waals surface area contributed by atoms with Crippen molar-refractivity contribution in [1.82, 2.24) is 19.5 Å². The van der Waals surface area contributed by atoms with Crippen LogP contribution in [0.3, 0.4) is 0 Å². The van der Waals surface area contributed by atoms with Gasteiger partial charge in [-0.15, -0.1) is 0 Å². The second-order valence-corrected chi connectivity index (χ2v) is 7.75.